The van der Waals surface area contributed by atoms with Crippen molar-refractivity contribution in [3.05, 3.63) is 65.2 Å². The number of nitrogens with zero attached hydrogens (tertiary/aromatic N) is 1. The second-order valence-electron chi connectivity index (χ2n) is 12.0. The predicted octanol–water partition coefficient (Wildman–Crippen LogP) is 6.28. The highest BCUT2D eigenvalue weighted by atomic mass is 16.5. The lowest BCUT2D eigenvalue weighted by Crippen LogP contribution is -2.74. The van der Waals surface area contributed by atoms with E-state index in [1.54, 1.807) is 0 Å². The van der Waals surface area contributed by atoms with Gasteiger partial charge in [0, 0.05) is 43.0 Å². The molecule has 2 bridgehead atoms. The molecule has 4 aliphatic rings. The molecule has 3 aliphatic carbocycles. The van der Waals surface area contributed by atoms with Gasteiger partial charge < -0.3 is 9.47 Å². The van der Waals surface area contributed by atoms with E-state index in [1.807, 2.05) is 0 Å². The molecule has 4 heteroatoms. The van der Waals surface area contributed by atoms with E-state index in [0.717, 1.165) is 76.4 Å². The number of likely N-dealkylation sites (tertiary alicyclic amines) is 1. The summed E-state index contributed by atoms with van der Waals surface area (Å²) < 4.78 is 13.7. The van der Waals surface area contributed by atoms with Crippen LogP contribution in [0.15, 0.2) is 48.5 Å². The smallest absolute Gasteiger partial charge is 0.134 e. The third-order valence-corrected chi connectivity index (χ3v) is 9.65. The predicted molar refractivity (Wildman–Crippen MR) is 147 cm³/mol. The van der Waals surface area contributed by atoms with Crippen LogP contribution in [0.25, 0.3) is 0 Å². The van der Waals surface area contributed by atoms with Crippen molar-refractivity contribution in [3.8, 4) is 5.75 Å². The summed E-state index contributed by atoms with van der Waals surface area (Å²) in [7, 11) is 0. The molecule has 6 rings (SSSR count). The van der Waals surface area contributed by atoms with Gasteiger partial charge in [-0.2, -0.15) is 0 Å². The van der Waals surface area contributed by atoms with E-state index in [2.05, 4.69) is 60.4 Å². The van der Waals surface area contributed by atoms with Gasteiger partial charge in [0.15, 0.2) is 0 Å². The first kappa shape index (κ1) is 25.1. The number of carbonyl (C=O) groups is 1. The van der Waals surface area contributed by atoms with Crippen LogP contribution >= 0.6 is 0 Å². The van der Waals surface area contributed by atoms with Crippen molar-refractivity contribution in [2.45, 2.75) is 94.6 Å². The summed E-state index contributed by atoms with van der Waals surface area (Å²) >= 11 is 0. The van der Waals surface area contributed by atoms with Crippen molar-refractivity contribution in [2.24, 2.45) is 5.92 Å². The number of unbranched alkanes of at least 4 members (excludes halogenated alkanes) is 1. The maximum atomic E-state index is 13.2. The fourth-order valence-electron chi connectivity index (χ4n) is 7.71. The van der Waals surface area contributed by atoms with E-state index in [4.69, 9.17) is 9.47 Å². The molecule has 1 unspecified atom stereocenters. The third kappa shape index (κ3) is 4.65. The summed E-state index contributed by atoms with van der Waals surface area (Å²) in [6.07, 6.45) is 11.0. The molecule has 37 heavy (non-hydrogen) atoms. The highest BCUT2D eigenvalue weighted by Crippen LogP contribution is 2.61. The Kier molecular flexibility index (Phi) is 7.15. The number of ketones is 1. The van der Waals surface area contributed by atoms with Gasteiger partial charge in [-0.1, -0.05) is 55.8 Å². The average Bonchev–Trinajstić information content (AvgIpc) is 3.73. The second kappa shape index (κ2) is 10.5. The van der Waals surface area contributed by atoms with Gasteiger partial charge in [-0.3, -0.25) is 9.69 Å². The minimum atomic E-state index is -0.318. The molecule has 0 spiro atoms. The van der Waals surface area contributed by atoms with E-state index >= 15 is 0 Å². The molecule has 3 fully saturated rings. The van der Waals surface area contributed by atoms with Gasteiger partial charge in [-0.15, -0.1) is 0 Å². The number of carbonyl (C=O) groups excluding carboxylic acids is 1. The van der Waals surface area contributed by atoms with E-state index in [-0.39, 0.29) is 11.0 Å². The highest BCUT2D eigenvalue weighted by Gasteiger charge is 2.67. The topological polar surface area (TPSA) is 38.8 Å². The maximum absolute atomic E-state index is 13.2. The minimum Gasteiger partial charge on any atom is -0.493 e. The Morgan fingerprint density at radius 1 is 1.00 bits per heavy atom. The van der Waals surface area contributed by atoms with Gasteiger partial charge in [-0.25, -0.2) is 0 Å². The fraction of sp³-hybridized carbons (Fsp3) is 0.606. The van der Waals surface area contributed by atoms with E-state index in [0.29, 0.717) is 24.7 Å². The van der Waals surface area contributed by atoms with Crippen molar-refractivity contribution in [1.82, 2.24) is 4.90 Å². The van der Waals surface area contributed by atoms with Crippen molar-refractivity contribution in [3.63, 3.8) is 0 Å². The summed E-state index contributed by atoms with van der Waals surface area (Å²) in [6.45, 7) is 5.93. The Bertz CT molecular complexity index is 1100. The van der Waals surface area contributed by atoms with Gasteiger partial charge >= 0.3 is 0 Å². The highest BCUT2D eigenvalue weighted by molar-refractivity contribution is 5.83. The molecule has 1 saturated heterocycles. The Labute approximate surface area is 222 Å². The van der Waals surface area contributed by atoms with Gasteiger partial charge in [0.1, 0.15) is 11.5 Å². The van der Waals surface area contributed by atoms with E-state index < -0.39 is 0 Å². The number of Topliss-reactive ketones (excluding diaryl/α,β-unsaturated/α-hetero) is 1. The molecular weight excluding hydrogens is 458 g/mol. The Hall–Kier alpha value is -2.17. The van der Waals surface area contributed by atoms with Crippen LogP contribution < -0.4 is 4.74 Å². The lowest BCUT2D eigenvalue weighted by atomic mass is 9.49. The van der Waals surface area contributed by atoms with Crippen LogP contribution in [0.3, 0.4) is 0 Å². The van der Waals surface area contributed by atoms with Crippen LogP contribution in [0.1, 0.15) is 81.4 Å². The number of ether oxygens (including phenoxy) is 2. The molecule has 198 valence electrons. The molecule has 0 aromatic heterocycles. The number of aryl methyl sites for hydroxylation is 1. The number of piperidine rings is 1. The number of benzene rings is 2. The molecule has 0 N–H and O–H groups in total. The largest absolute Gasteiger partial charge is 0.493 e. The normalized spacial score (nSPS) is 29.0. The molecule has 4 nitrogen and oxygen atoms in total. The maximum Gasteiger partial charge on any atom is 0.134 e. The van der Waals surface area contributed by atoms with Crippen molar-refractivity contribution >= 4 is 5.78 Å². The average molecular weight is 502 g/mol. The molecule has 3 atom stereocenters. The summed E-state index contributed by atoms with van der Waals surface area (Å²) in [5.74, 6) is 2.25. The Morgan fingerprint density at radius 2 is 1.86 bits per heavy atom. The Morgan fingerprint density at radius 3 is 2.68 bits per heavy atom. The molecule has 1 aliphatic heterocycles. The number of rotatable bonds is 11. The number of hydrogen-bond acceptors (Lipinski definition) is 4. The fourth-order valence-corrected chi connectivity index (χ4v) is 7.71. The van der Waals surface area contributed by atoms with E-state index in [1.165, 1.54) is 36.1 Å². The molecule has 0 radical (unpaired) electrons. The zero-order chi connectivity index (χ0) is 25.3. The van der Waals surface area contributed by atoms with Crippen LogP contribution in [-0.2, 0) is 27.8 Å². The summed E-state index contributed by atoms with van der Waals surface area (Å²) in [5.41, 5.74) is 3.47. The van der Waals surface area contributed by atoms with Crippen molar-refractivity contribution in [2.75, 3.05) is 26.3 Å². The van der Waals surface area contributed by atoms with Gasteiger partial charge in [0.25, 0.3) is 0 Å². The molecule has 0 amide bonds. The minimum absolute atomic E-state index is 0.282. The number of fused-ring (bicyclic) bond motifs is 1. The van der Waals surface area contributed by atoms with Crippen LogP contribution in [-0.4, -0.2) is 48.6 Å². The molecule has 2 aromatic carbocycles. The Balaban J connectivity index is 1.36. The van der Waals surface area contributed by atoms with Crippen molar-refractivity contribution < 1.29 is 14.3 Å². The van der Waals surface area contributed by atoms with Gasteiger partial charge in [0.2, 0.25) is 0 Å². The summed E-state index contributed by atoms with van der Waals surface area (Å²) in [4.78, 5) is 16.0. The summed E-state index contributed by atoms with van der Waals surface area (Å²) in [5, 5.41) is 0. The molecule has 2 aromatic rings. The zero-order valence-electron chi connectivity index (χ0n) is 22.6. The lowest BCUT2D eigenvalue weighted by Gasteiger charge is -2.65. The first-order valence-electron chi connectivity index (χ1n) is 14.8. The lowest BCUT2D eigenvalue weighted by molar-refractivity contribution is -0.201. The van der Waals surface area contributed by atoms with Gasteiger partial charge in [-0.05, 0) is 81.0 Å². The molecule has 1 heterocycles. The first-order chi connectivity index (χ1) is 18.1. The molecule has 2 saturated carbocycles. The van der Waals surface area contributed by atoms with Gasteiger partial charge in [0.05, 0.1) is 12.2 Å². The zero-order valence-corrected chi connectivity index (χ0v) is 22.6. The first-order valence-corrected chi connectivity index (χ1v) is 14.8. The van der Waals surface area contributed by atoms with Crippen LogP contribution in [0, 0.1) is 5.92 Å². The van der Waals surface area contributed by atoms with Crippen molar-refractivity contribution in [1.29, 1.82) is 0 Å². The summed E-state index contributed by atoms with van der Waals surface area (Å²) in [6, 6.07) is 17.7. The quantitative estimate of drug-likeness (QED) is 0.340. The van der Waals surface area contributed by atoms with E-state index in [9.17, 15) is 4.79 Å². The molecular formula is C33H43NO3. The standard InChI is InChI=1S/C33H43NO3/c1-2-3-20-36-29-13-7-12-27-22-30-33(37-21-8-11-25-9-5-4-6-10-25)17-16-28(35)23-32(33,31(27)29)18-19-34(30)24-26-14-15-26/h4-7,9-10,12-13,26,30H,2-3,8,11,14-24H2,1H3/t30?,32-,33-/m1/s1. The second-order valence-corrected chi connectivity index (χ2v) is 12.0. The monoisotopic (exact) mass is 501 g/mol. The van der Waals surface area contributed by atoms with Crippen LogP contribution in [0.2, 0.25) is 0 Å². The number of hydrogen-bond donors (Lipinski definition) is 0. The SMILES string of the molecule is CCCCOc1cccc2c1[C@]13CCN(CC4CC4)C(C2)[C@]1(OCCCc1ccccc1)CCC(=O)C3. The van der Waals surface area contributed by atoms with Crippen LogP contribution in [0.4, 0.5) is 0 Å². The third-order valence-electron chi connectivity index (χ3n) is 9.65. The van der Waals surface area contributed by atoms with Crippen LogP contribution in [0.5, 0.6) is 5.75 Å².